The van der Waals surface area contributed by atoms with Gasteiger partial charge in [0, 0.05) is 12.8 Å². The summed E-state index contributed by atoms with van der Waals surface area (Å²) in [6.07, 6.45) is 22.0. The highest BCUT2D eigenvalue weighted by Gasteiger charge is 1.99. The predicted octanol–water partition coefficient (Wildman–Crippen LogP) is 27.4. The van der Waals surface area contributed by atoms with Crippen molar-refractivity contribution in [1.29, 1.82) is 0 Å². The smallest absolute Gasteiger partial charge is 0.155 e. The van der Waals surface area contributed by atoms with Gasteiger partial charge in [-0.05, 0) is 117 Å². The van der Waals surface area contributed by atoms with E-state index in [0.717, 1.165) is 83.9 Å². The molecule has 81 heavy (non-hydrogen) atoms. The largest absolute Gasteiger partial charge is 0.411 e. The molecule has 0 saturated carbocycles. The molecule has 0 amide bonds. The highest BCUT2D eigenvalue weighted by molar-refractivity contribution is 5.89. The van der Waals surface area contributed by atoms with Gasteiger partial charge in [0.1, 0.15) is 12.9 Å². The van der Waals surface area contributed by atoms with Crippen LogP contribution in [-0.4, -0.2) is 35.3 Å². The standard InChI is InChI=1S/C7H15NO.C7H12O.C7H16.C6H13NO.C6H12O.2C6H14.6C5H12/c1-6(2)5-7(3)8-9-4;1-4-7(8)5-6(2)3;1-4-5-6-7(2)3;1-5(2)4-6(3)7-8;1-5(2)4-6(3)7;2*1-4-5-6(2)3;6*1-4-5(2)3/h6H,5H2,1-4H3;4,6H,1,5H2,2-3H3;7H,4-6H2,1-3H3;5,8H,4H2,1-3H3;5H,4H2,1-3H3;2*6H,4-5H2,1-3H3;6*5H,4H2,1-3H3/b8-7+;;;7-6+;;;;;;;;;. The van der Waals surface area contributed by atoms with Crippen LogP contribution < -0.4 is 0 Å². The Morgan fingerprint density at radius 2 is 0.605 bits per heavy atom. The molecule has 0 rings (SSSR count). The lowest BCUT2D eigenvalue weighted by atomic mass is 10.1. The van der Waals surface area contributed by atoms with Gasteiger partial charge in [0.25, 0.3) is 0 Å². The maximum atomic E-state index is 10.5. The van der Waals surface area contributed by atoms with E-state index in [9.17, 15) is 9.59 Å². The second-order valence-corrected chi connectivity index (χ2v) is 27.3. The number of hydrogen-bond acceptors (Lipinski definition) is 6. The number of rotatable bonds is 23. The van der Waals surface area contributed by atoms with Crippen LogP contribution in [0.3, 0.4) is 0 Å². The van der Waals surface area contributed by atoms with Crippen molar-refractivity contribution in [1.82, 2.24) is 0 Å². The molecule has 0 aromatic rings. The highest BCUT2D eigenvalue weighted by Crippen LogP contribution is 2.06. The summed E-state index contributed by atoms with van der Waals surface area (Å²) < 4.78 is 0. The van der Waals surface area contributed by atoms with Crippen molar-refractivity contribution in [3.05, 3.63) is 12.7 Å². The minimum absolute atomic E-state index is 0.139. The maximum absolute atomic E-state index is 10.5. The number of Topliss-reactive ketones (excluding diaryl/α,β-unsaturated/α-hetero) is 1. The molecular weight excluding hydrogens is 993 g/mol. The summed E-state index contributed by atoms with van der Waals surface area (Å²) in [4.78, 5) is 25.4. The Morgan fingerprint density at radius 1 is 0.370 bits per heavy atom. The van der Waals surface area contributed by atoms with Crippen LogP contribution in [0.2, 0.25) is 0 Å². The van der Waals surface area contributed by atoms with E-state index < -0.39 is 0 Å². The Labute approximate surface area is 519 Å². The molecule has 0 bridgehead atoms. The van der Waals surface area contributed by atoms with Gasteiger partial charge in [0.15, 0.2) is 5.78 Å². The Hall–Kier alpha value is -1.98. The van der Waals surface area contributed by atoms with Crippen LogP contribution in [0.15, 0.2) is 23.0 Å². The molecule has 0 aliphatic heterocycles. The number of unbranched alkanes of at least 4 members (excludes halogenated alkanes) is 1. The quantitative estimate of drug-likeness (QED) is 0.0478. The molecule has 0 spiro atoms. The number of nitrogens with zero attached hydrogens (tertiary/aromatic N) is 2. The van der Waals surface area contributed by atoms with E-state index >= 15 is 0 Å². The van der Waals surface area contributed by atoms with Gasteiger partial charge in [0.2, 0.25) is 0 Å². The molecule has 0 unspecified atom stereocenters. The SMILES string of the molecule is C/C(CC(C)C)=N\O.C=CC(=O)CC(C)C.CC(=O)CC(C)C.CCC(C)C.CCC(C)C.CCC(C)C.CCC(C)C.CCC(C)C.CCC(C)C.CCCC(C)C.CCCC(C)C.CCCCC(C)C.CO/N=C(\C)CC(C)C. The molecule has 6 heteroatoms. The fraction of sp³-hybridized carbons (Fsp3) is 0.920. The van der Waals surface area contributed by atoms with E-state index in [4.69, 9.17) is 5.21 Å². The average molecular weight is 1160 g/mol. The van der Waals surface area contributed by atoms with Crippen molar-refractivity contribution in [3.63, 3.8) is 0 Å². The van der Waals surface area contributed by atoms with Gasteiger partial charge in [-0.3, -0.25) is 4.79 Å². The van der Waals surface area contributed by atoms with Crippen LogP contribution in [0.4, 0.5) is 0 Å². The molecule has 0 aliphatic carbocycles. The van der Waals surface area contributed by atoms with E-state index in [1.807, 2.05) is 41.5 Å². The minimum atomic E-state index is 0.139. The Morgan fingerprint density at radius 3 is 0.679 bits per heavy atom. The fourth-order valence-electron chi connectivity index (χ4n) is 4.24. The monoisotopic (exact) mass is 1160 g/mol. The van der Waals surface area contributed by atoms with Crippen LogP contribution in [0.1, 0.15) is 372 Å². The van der Waals surface area contributed by atoms with Gasteiger partial charge in [-0.15, -0.1) is 0 Å². The van der Waals surface area contributed by atoms with Gasteiger partial charge in [-0.2, -0.15) is 0 Å². The molecule has 6 nitrogen and oxygen atoms in total. The van der Waals surface area contributed by atoms with Gasteiger partial charge in [-0.1, -0.05) is 343 Å². The average Bonchev–Trinajstić information content (AvgIpc) is 3.34. The van der Waals surface area contributed by atoms with Crippen LogP contribution in [0.5, 0.6) is 0 Å². The van der Waals surface area contributed by atoms with E-state index in [1.54, 1.807) is 14.0 Å². The summed E-state index contributed by atoms with van der Waals surface area (Å²) in [5.41, 5.74) is 1.87. The predicted molar refractivity (Wildman–Crippen MR) is 383 cm³/mol. The third kappa shape index (κ3) is 244. The van der Waals surface area contributed by atoms with E-state index in [1.165, 1.54) is 89.5 Å². The van der Waals surface area contributed by atoms with Crippen molar-refractivity contribution >= 4 is 23.0 Å². The van der Waals surface area contributed by atoms with Crippen molar-refractivity contribution < 1.29 is 19.6 Å². The number of ketones is 2. The molecule has 1 N–H and O–H groups in total. The van der Waals surface area contributed by atoms with Gasteiger partial charge >= 0.3 is 0 Å². The van der Waals surface area contributed by atoms with Crippen LogP contribution in [-0.2, 0) is 14.4 Å². The summed E-state index contributed by atoms with van der Waals surface area (Å²) in [6, 6.07) is 0. The first-order chi connectivity index (χ1) is 37.0. The number of carbonyl (C=O) groups is 2. The van der Waals surface area contributed by atoms with Crippen molar-refractivity contribution in [2.75, 3.05) is 7.11 Å². The third-order valence-electron chi connectivity index (χ3n) is 11.1. The van der Waals surface area contributed by atoms with E-state index in [2.05, 4.69) is 236 Å². The first-order valence-electron chi connectivity index (χ1n) is 33.9. The number of carbonyl (C=O) groups excluding carboxylic acids is 2. The van der Waals surface area contributed by atoms with Crippen molar-refractivity contribution in [3.8, 4) is 0 Å². The number of hydrogen-bond donors (Lipinski definition) is 1. The Kier molecular flexibility index (Phi) is 129. The fourth-order valence-corrected chi connectivity index (χ4v) is 4.24. The third-order valence-corrected chi connectivity index (χ3v) is 11.1. The second kappa shape index (κ2) is 94.4. The normalized spacial score (nSPS) is 10.3. The zero-order chi connectivity index (χ0) is 67.7. The second-order valence-electron chi connectivity index (χ2n) is 27.3. The lowest BCUT2D eigenvalue weighted by Crippen LogP contribution is -1.97. The molecule has 0 atom stereocenters. The first kappa shape index (κ1) is 110. The topological polar surface area (TPSA) is 88.3 Å². The highest BCUT2D eigenvalue weighted by atomic mass is 16.6. The van der Waals surface area contributed by atoms with Gasteiger partial charge in [-0.25, -0.2) is 0 Å². The molecule has 0 aromatic carbocycles. The van der Waals surface area contributed by atoms with Crippen LogP contribution >= 0.6 is 0 Å². The molecule has 0 heterocycles. The summed E-state index contributed by atoms with van der Waals surface area (Å²) in [5.74, 6) is 10.7. The summed E-state index contributed by atoms with van der Waals surface area (Å²) in [7, 11) is 1.57. The lowest BCUT2D eigenvalue weighted by Gasteiger charge is -2.01. The van der Waals surface area contributed by atoms with Gasteiger partial charge in [0.05, 0.1) is 11.4 Å². The minimum Gasteiger partial charge on any atom is -0.411 e. The maximum Gasteiger partial charge on any atom is 0.155 e. The van der Waals surface area contributed by atoms with Gasteiger partial charge < -0.3 is 14.8 Å². The number of allylic oxidation sites excluding steroid dienone is 1. The molecule has 502 valence electrons. The van der Waals surface area contributed by atoms with E-state index in [-0.39, 0.29) is 11.6 Å². The lowest BCUT2D eigenvalue weighted by molar-refractivity contribution is -0.117. The summed E-state index contributed by atoms with van der Waals surface area (Å²) in [6.45, 7) is 85.5. The van der Waals surface area contributed by atoms with Crippen LogP contribution in [0.25, 0.3) is 0 Å². The molecule has 0 radical (unpaired) electrons. The first-order valence-corrected chi connectivity index (χ1v) is 33.9. The summed E-state index contributed by atoms with van der Waals surface area (Å²) >= 11 is 0. The molecular formula is C75H168N2O4. The molecule has 0 aromatic heterocycles. The summed E-state index contributed by atoms with van der Waals surface area (Å²) in [5, 5.41) is 15.0. The van der Waals surface area contributed by atoms with Crippen LogP contribution in [0, 0.1) is 76.9 Å². The molecule has 0 aliphatic rings. The molecule has 0 fully saturated rings. The number of oxime groups is 2. The Bertz CT molecular complexity index is 1050. The van der Waals surface area contributed by atoms with Crippen molar-refractivity contribution in [2.45, 2.75) is 372 Å². The molecule has 0 saturated heterocycles. The zero-order valence-electron chi connectivity index (χ0n) is 64.4. The van der Waals surface area contributed by atoms with Crippen molar-refractivity contribution in [2.24, 2.45) is 87.2 Å². The Balaban J connectivity index is -0.0000000565. The van der Waals surface area contributed by atoms with E-state index in [0.29, 0.717) is 30.1 Å². The zero-order valence-corrected chi connectivity index (χ0v) is 64.4.